The van der Waals surface area contributed by atoms with Gasteiger partial charge in [-0.15, -0.1) is 0 Å². The Morgan fingerprint density at radius 2 is 2.13 bits per heavy atom. The number of imidazole rings is 1. The van der Waals surface area contributed by atoms with Gasteiger partial charge in [-0.3, -0.25) is 0 Å². The molecular formula is C24H33FN4O2. The molecule has 1 saturated heterocycles. The minimum atomic E-state index is -0.492. The van der Waals surface area contributed by atoms with Crippen molar-refractivity contribution in [2.75, 3.05) is 20.2 Å². The smallest absolute Gasteiger partial charge is 0.407 e. The molecule has 2 aliphatic rings. The molecule has 1 aromatic carbocycles. The van der Waals surface area contributed by atoms with E-state index in [0.29, 0.717) is 5.92 Å². The van der Waals surface area contributed by atoms with Gasteiger partial charge in [0.25, 0.3) is 0 Å². The van der Waals surface area contributed by atoms with Crippen LogP contribution < -0.4 is 10.6 Å². The van der Waals surface area contributed by atoms with Crippen LogP contribution in [-0.2, 0) is 16.7 Å². The number of alkyl carbamates (subject to hydrolysis) is 1. The fraction of sp³-hybridized carbons (Fsp3) is 0.583. The molecule has 4 rings (SSSR count). The third-order valence-electron chi connectivity index (χ3n) is 7.25. The molecule has 0 radical (unpaired) electrons. The maximum atomic E-state index is 14.6. The Balaban J connectivity index is 1.94. The molecule has 31 heavy (non-hydrogen) atoms. The van der Waals surface area contributed by atoms with Gasteiger partial charge in [0.2, 0.25) is 0 Å². The molecule has 0 spiro atoms. The van der Waals surface area contributed by atoms with Crippen molar-refractivity contribution in [3.05, 3.63) is 53.9 Å². The van der Waals surface area contributed by atoms with Crippen LogP contribution in [0.3, 0.4) is 0 Å². The SMILES string of the molecule is CCc1nccn1C(c1cccc(F)c1)(C1CCNCC1)[C@H]1CCC[C@@H]1NC(=O)OC. The number of methoxy groups -OCH3 is 1. The first-order valence-corrected chi connectivity index (χ1v) is 11.4. The minimum Gasteiger partial charge on any atom is -0.453 e. The molecule has 3 atom stereocenters. The van der Waals surface area contributed by atoms with E-state index in [9.17, 15) is 9.18 Å². The lowest BCUT2D eigenvalue weighted by atomic mass is 9.64. The van der Waals surface area contributed by atoms with Crippen molar-refractivity contribution in [2.24, 2.45) is 11.8 Å². The number of aromatic nitrogens is 2. The molecule has 2 fully saturated rings. The Bertz CT molecular complexity index is 895. The lowest BCUT2D eigenvalue weighted by Crippen LogP contribution is -2.56. The molecule has 168 valence electrons. The van der Waals surface area contributed by atoms with Crippen LogP contribution >= 0.6 is 0 Å². The maximum absolute atomic E-state index is 14.6. The van der Waals surface area contributed by atoms with Crippen LogP contribution in [0.25, 0.3) is 0 Å². The summed E-state index contributed by atoms with van der Waals surface area (Å²) in [6.07, 6.45) is 9.11. The number of rotatable bonds is 6. The molecule has 0 bridgehead atoms. The summed E-state index contributed by atoms with van der Waals surface area (Å²) in [7, 11) is 1.40. The lowest BCUT2D eigenvalue weighted by molar-refractivity contribution is 0.0799. The normalized spacial score (nSPS) is 24.0. The highest BCUT2D eigenvalue weighted by molar-refractivity contribution is 5.67. The number of benzene rings is 1. The van der Waals surface area contributed by atoms with Crippen LogP contribution in [-0.4, -0.2) is 41.9 Å². The highest BCUT2D eigenvalue weighted by Gasteiger charge is 2.53. The molecule has 2 heterocycles. The second-order valence-corrected chi connectivity index (χ2v) is 8.71. The van der Waals surface area contributed by atoms with Gasteiger partial charge in [-0.1, -0.05) is 25.5 Å². The summed E-state index contributed by atoms with van der Waals surface area (Å²) in [6, 6.07) is 7.01. The van der Waals surface area contributed by atoms with Gasteiger partial charge in [0.05, 0.1) is 12.6 Å². The standard InChI is InChI=1S/C24H33FN4O2/c1-3-22-27-14-15-29(22)24(17-10-12-26-13-11-17,18-6-4-7-19(25)16-18)20-8-5-9-21(20)28-23(30)31-2/h4,6-7,14-17,20-21,26H,3,5,8-13H2,1-2H3,(H,28,30)/t20-,21-,24?/m0/s1. The second-order valence-electron chi connectivity index (χ2n) is 8.71. The van der Waals surface area contributed by atoms with Gasteiger partial charge in [0.15, 0.2) is 0 Å². The van der Waals surface area contributed by atoms with Crippen LogP contribution in [0.15, 0.2) is 36.7 Å². The van der Waals surface area contributed by atoms with Crippen molar-refractivity contribution in [3.63, 3.8) is 0 Å². The van der Waals surface area contributed by atoms with Crippen molar-refractivity contribution in [2.45, 2.75) is 57.0 Å². The first kappa shape index (κ1) is 21.8. The summed E-state index contributed by atoms with van der Waals surface area (Å²) in [5.74, 6) is 1.16. The fourth-order valence-electron chi connectivity index (χ4n) is 6.07. The number of nitrogens with one attached hydrogen (secondary N) is 2. The number of aryl methyl sites for hydroxylation is 1. The zero-order valence-electron chi connectivity index (χ0n) is 18.4. The average molecular weight is 429 g/mol. The van der Waals surface area contributed by atoms with E-state index >= 15 is 0 Å². The number of carbonyl (C=O) groups excluding carboxylic acids is 1. The number of hydrogen-bond donors (Lipinski definition) is 2. The summed E-state index contributed by atoms with van der Waals surface area (Å²) in [4.78, 5) is 16.9. The molecule has 1 aliphatic carbocycles. The minimum absolute atomic E-state index is 0.0438. The fourth-order valence-corrected chi connectivity index (χ4v) is 6.07. The van der Waals surface area contributed by atoms with E-state index in [-0.39, 0.29) is 17.8 Å². The number of amides is 1. The van der Waals surface area contributed by atoms with Crippen LogP contribution in [0.4, 0.5) is 9.18 Å². The van der Waals surface area contributed by atoms with Gasteiger partial charge in [0, 0.05) is 30.8 Å². The van der Waals surface area contributed by atoms with E-state index in [4.69, 9.17) is 4.74 Å². The Morgan fingerprint density at radius 1 is 1.32 bits per heavy atom. The van der Waals surface area contributed by atoms with Gasteiger partial charge >= 0.3 is 6.09 Å². The zero-order chi connectivity index (χ0) is 21.8. The molecule has 6 nitrogen and oxygen atoms in total. The summed E-state index contributed by atoms with van der Waals surface area (Å²) >= 11 is 0. The van der Waals surface area contributed by atoms with Crippen molar-refractivity contribution >= 4 is 6.09 Å². The first-order valence-electron chi connectivity index (χ1n) is 11.4. The molecule has 1 saturated carbocycles. The van der Waals surface area contributed by atoms with E-state index in [0.717, 1.165) is 63.0 Å². The number of nitrogens with zero attached hydrogens (tertiary/aromatic N) is 2. The molecule has 2 N–H and O–H groups in total. The van der Waals surface area contributed by atoms with Crippen LogP contribution in [0, 0.1) is 17.7 Å². The summed E-state index contributed by atoms with van der Waals surface area (Å²) in [5.41, 5.74) is 0.476. The Hall–Kier alpha value is -2.41. The quantitative estimate of drug-likeness (QED) is 0.733. The van der Waals surface area contributed by atoms with E-state index in [1.165, 1.54) is 13.2 Å². The van der Waals surface area contributed by atoms with Crippen LogP contribution in [0.5, 0.6) is 0 Å². The lowest BCUT2D eigenvalue weighted by Gasteiger charge is -2.50. The van der Waals surface area contributed by atoms with Gasteiger partial charge in [-0.25, -0.2) is 14.2 Å². The van der Waals surface area contributed by atoms with Gasteiger partial charge < -0.3 is 19.9 Å². The molecule has 1 amide bonds. The van der Waals surface area contributed by atoms with Crippen molar-refractivity contribution in [3.8, 4) is 0 Å². The number of piperidine rings is 1. The zero-order valence-corrected chi connectivity index (χ0v) is 18.4. The largest absolute Gasteiger partial charge is 0.453 e. The van der Waals surface area contributed by atoms with Crippen molar-refractivity contribution in [1.82, 2.24) is 20.2 Å². The third kappa shape index (κ3) is 3.95. The Kier molecular flexibility index (Phi) is 6.60. The van der Waals surface area contributed by atoms with Crippen LogP contribution in [0.2, 0.25) is 0 Å². The van der Waals surface area contributed by atoms with Crippen molar-refractivity contribution in [1.29, 1.82) is 0 Å². The predicted octanol–water partition coefficient (Wildman–Crippen LogP) is 3.85. The molecule has 1 aromatic heterocycles. The highest BCUT2D eigenvalue weighted by Crippen LogP contribution is 2.51. The number of halogens is 1. The van der Waals surface area contributed by atoms with Gasteiger partial charge in [0.1, 0.15) is 11.6 Å². The Labute approximate surface area is 183 Å². The second kappa shape index (κ2) is 9.39. The molecule has 1 aliphatic heterocycles. The first-order chi connectivity index (χ1) is 15.1. The molecule has 2 aromatic rings. The monoisotopic (exact) mass is 428 g/mol. The Morgan fingerprint density at radius 3 is 2.84 bits per heavy atom. The third-order valence-corrected chi connectivity index (χ3v) is 7.25. The topological polar surface area (TPSA) is 68.2 Å². The van der Waals surface area contributed by atoms with E-state index < -0.39 is 11.6 Å². The van der Waals surface area contributed by atoms with E-state index in [1.807, 2.05) is 6.20 Å². The van der Waals surface area contributed by atoms with Gasteiger partial charge in [-0.05, 0) is 62.4 Å². The van der Waals surface area contributed by atoms with Crippen molar-refractivity contribution < 1.29 is 13.9 Å². The average Bonchev–Trinajstić information content (AvgIpc) is 3.46. The highest BCUT2D eigenvalue weighted by atomic mass is 19.1. The summed E-state index contributed by atoms with van der Waals surface area (Å²) in [6.45, 7) is 3.97. The predicted molar refractivity (Wildman–Crippen MR) is 117 cm³/mol. The number of ether oxygens (including phenoxy) is 1. The maximum Gasteiger partial charge on any atom is 0.407 e. The number of hydrogen-bond acceptors (Lipinski definition) is 4. The molecule has 7 heteroatoms. The van der Waals surface area contributed by atoms with Gasteiger partial charge in [-0.2, -0.15) is 0 Å². The summed E-state index contributed by atoms with van der Waals surface area (Å²) in [5, 5.41) is 6.58. The van der Waals surface area contributed by atoms with Crippen LogP contribution in [0.1, 0.15) is 50.4 Å². The molecular weight excluding hydrogens is 395 g/mol. The molecule has 1 unspecified atom stereocenters. The number of carbonyl (C=O) groups is 1. The van der Waals surface area contributed by atoms with E-state index in [2.05, 4.69) is 39.4 Å². The summed E-state index contributed by atoms with van der Waals surface area (Å²) < 4.78 is 21.9. The van der Waals surface area contributed by atoms with E-state index in [1.54, 1.807) is 12.1 Å².